The first-order valence-electron chi connectivity index (χ1n) is 11.6. The molecule has 1 N–H and O–H groups in total. The molecule has 29 heavy (non-hydrogen) atoms. The number of nitrogens with zero attached hydrogens (tertiary/aromatic N) is 1. The Balaban J connectivity index is 1.41. The van der Waals surface area contributed by atoms with Gasteiger partial charge < -0.3 is 19.7 Å². The zero-order chi connectivity index (χ0) is 20.4. The number of carbonyl (C=O) groups excluding carboxylic acids is 1. The van der Waals surface area contributed by atoms with Crippen molar-refractivity contribution < 1.29 is 14.3 Å². The van der Waals surface area contributed by atoms with Gasteiger partial charge in [0.05, 0.1) is 6.61 Å². The molecule has 1 heterocycles. The fourth-order valence-electron chi connectivity index (χ4n) is 4.40. The van der Waals surface area contributed by atoms with Gasteiger partial charge >= 0.3 is 0 Å². The largest absolute Gasteiger partial charge is 0.494 e. The number of hydrogen-bond acceptors (Lipinski definition) is 4. The highest BCUT2D eigenvalue weighted by atomic mass is 16.5. The summed E-state index contributed by atoms with van der Waals surface area (Å²) in [6.45, 7) is 7.03. The van der Waals surface area contributed by atoms with Crippen molar-refractivity contribution in [2.75, 3.05) is 38.2 Å². The van der Waals surface area contributed by atoms with Crippen molar-refractivity contribution in [3.63, 3.8) is 0 Å². The quantitative estimate of drug-likeness (QED) is 0.559. The summed E-state index contributed by atoms with van der Waals surface area (Å²) >= 11 is 0. The number of nitrogens with one attached hydrogen (secondary N) is 1. The van der Waals surface area contributed by atoms with Gasteiger partial charge in [0.15, 0.2) is 0 Å². The van der Waals surface area contributed by atoms with E-state index in [9.17, 15) is 4.79 Å². The smallest absolute Gasteiger partial charge is 0.256 e. The van der Waals surface area contributed by atoms with Crippen molar-refractivity contribution >= 4 is 11.6 Å². The topological polar surface area (TPSA) is 50.8 Å². The molecular formula is C24H38N2O3. The van der Waals surface area contributed by atoms with Gasteiger partial charge in [0.25, 0.3) is 5.91 Å². The lowest BCUT2D eigenvalue weighted by atomic mass is 10.0. The van der Waals surface area contributed by atoms with Crippen molar-refractivity contribution in [2.45, 2.75) is 76.7 Å². The standard InChI is InChI=1S/C24H38N2O3/c1-2-19-29-24(14-5-6-15-24)23(27)25-21-10-12-22(13-11-21)28-20-9-18-26-16-7-3-4-8-17-26/h10-13H,2-9,14-20H2,1H3,(H,25,27). The first kappa shape index (κ1) is 22.1. The van der Waals surface area contributed by atoms with Crippen LogP contribution in [0.4, 0.5) is 5.69 Å². The third-order valence-electron chi connectivity index (χ3n) is 6.11. The van der Waals surface area contributed by atoms with Crippen molar-refractivity contribution in [1.82, 2.24) is 4.90 Å². The number of hydrogen-bond donors (Lipinski definition) is 1. The summed E-state index contributed by atoms with van der Waals surface area (Å²) < 4.78 is 11.9. The highest BCUT2D eigenvalue weighted by Gasteiger charge is 2.42. The number of carbonyl (C=O) groups is 1. The van der Waals surface area contributed by atoms with E-state index in [2.05, 4.69) is 17.1 Å². The summed E-state index contributed by atoms with van der Waals surface area (Å²) in [5.41, 5.74) is 0.164. The summed E-state index contributed by atoms with van der Waals surface area (Å²) in [7, 11) is 0. The normalized spacial score (nSPS) is 19.6. The molecule has 1 aromatic rings. The third-order valence-corrected chi connectivity index (χ3v) is 6.11. The van der Waals surface area contributed by atoms with Crippen LogP contribution < -0.4 is 10.1 Å². The predicted octanol–water partition coefficient (Wildman–Crippen LogP) is 5.01. The Hall–Kier alpha value is -1.59. The first-order valence-corrected chi connectivity index (χ1v) is 11.6. The van der Waals surface area contributed by atoms with E-state index in [0.29, 0.717) is 6.61 Å². The number of likely N-dealkylation sites (tertiary alicyclic amines) is 1. The summed E-state index contributed by atoms with van der Waals surface area (Å²) in [5, 5.41) is 3.05. The SMILES string of the molecule is CCCOC1(C(=O)Nc2ccc(OCCCN3CCCCCC3)cc2)CCCC1. The van der Waals surface area contributed by atoms with Crippen LogP contribution in [0.15, 0.2) is 24.3 Å². The summed E-state index contributed by atoms with van der Waals surface area (Å²) in [5.74, 6) is 0.853. The van der Waals surface area contributed by atoms with Crippen LogP contribution in [0.1, 0.15) is 71.1 Å². The molecule has 0 unspecified atom stereocenters. The second-order valence-electron chi connectivity index (χ2n) is 8.49. The Morgan fingerprint density at radius 1 is 1.00 bits per heavy atom. The molecular weight excluding hydrogens is 364 g/mol. The van der Waals surface area contributed by atoms with E-state index in [0.717, 1.165) is 63.1 Å². The Labute approximate surface area is 176 Å². The monoisotopic (exact) mass is 402 g/mol. The second-order valence-corrected chi connectivity index (χ2v) is 8.49. The zero-order valence-electron chi connectivity index (χ0n) is 18.1. The van der Waals surface area contributed by atoms with Gasteiger partial charge in [-0.2, -0.15) is 0 Å². The molecule has 0 spiro atoms. The Morgan fingerprint density at radius 2 is 1.69 bits per heavy atom. The molecule has 1 aliphatic heterocycles. The van der Waals surface area contributed by atoms with Crippen LogP contribution in [-0.2, 0) is 9.53 Å². The van der Waals surface area contributed by atoms with E-state index in [1.165, 1.54) is 38.8 Å². The molecule has 0 atom stereocenters. The van der Waals surface area contributed by atoms with Crippen LogP contribution in [-0.4, -0.2) is 49.3 Å². The molecule has 5 nitrogen and oxygen atoms in total. The maximum absolute atomic E-state index is 12.8. The van der Waals surface area contributed by atoms with E-state index in [1.807, 2.05) is 24.3 Å². The molecule has 1 amide bonds. The molecule has 162 valence electrons. The first-order chi connectivity index (χ1) is 14.2. The van der Waals surface area contributed by atoms with Crippen molar-refractivity contribution in [1.29, 1.82) is 0 Å². The van der Waals surface area contributed by atoms with E-state index < -0.39 is 5.60 Å². The van der Waals surface area contributed by atoms with Crippen LogP contribution in [0.5, 0.6) is 5.75 Å². The lowest BCUT2D eigenvalue weighted by molar-refractivity contribution is -0.140. The maximum atomic E-state index is 12.8. The highest BCUT2D eigenvalue weighted by Crippen LogP contribution is 2.34. The Kier molecular flexibility index (Phi) is 8.81. The molecule has 5 heteroatoms. The summed E-state index contributed by atoms with van der Waals surface area (Å²) in [4.78, 5) is 15.4. The average molecular weight is 403 g/mol. The predicted molar refractivity (Wildman–Crippen MR) is 118 cm³/mol. The number of amides is 1. The summed E-state index contributed by atoms with van der Waals surface area (Å²) in [6.07, 6.45) is 11.1. The van der Waals surface area contributed by atoms with Crippen molar-refractivity contribution in [3.8, 4) is 5.75 Å². The fraction of sp³-hybridized carbons (Fsp3) is 0.708. The lowest BCUT2D eigenvalue weighted by Crippen LogP contribution is -2.43. The highest BCUT2D eigenvalue weighted by molar-refractivity contribution is 5.97. The molecule has 1 aromatic carbocycles. The van der Waals surface area contributed by atoms with E-state index in [4.69, 9.17) is 9.47 Å². The molecule has 2 aliphatic rings. The molecule has 0 aromatic heterocycles. The van der Waals surface area contributed by atoms with Crippen LogP contribution in [0, 0.1) is 0 Å². The Bertz CT molecular complexity index is 603. The van der Waals surface area contributed by atoms with Gasteiger partial charge in [-0.1, -0.05) is 19.8 Å². The van der Waals surface area contributed by atoms with Crippen molar-refractivity contribution in [3.05, 3.63) is 24.3 Å². The summed E-state index contributed by atoms with van der Waals surface area (Å²) in [6, 6.07) is 7.72. The van der Waals surface area contributed by atoms with Crippen LogP contribution in [0.3, 0.4) is 0 Å². The van der Waals surface area contributed by atoms with E-state index in [-0.39, 0.29) is 5.91 Å². The molecule has 0 radical (unpaired) electrons. The maximum Gasteiger partial charge on any atom is 0.256 e. The minimum atomic E-state index is -0.640. The van der Waals surface area contributed by atoms with Gasteiger partial charge in [-0.05, 0) is 88.7 Å². The molecule has 1 aliphatic carbocycles. The van der Waals surface area contributed by atoms with Gasteiger partial charge in [-0.25, -0.2) is 0 Å². The van der Waals surface area contributed by atoms with Gasteiger partial charge in [0.1, 0.15) is 11.4 Å². The Morgan fingerprint density at radius 3 is 2.34 bits per heavy atom. The third kappa shape index (κ3) is 6.71. The van der Waals surface area contributed by atoms with Crippen LogP contribution >= 0.6 is 0 Å². The van der Waals surface area contributed by atoms with Gasteiger partial charge in [0, 0.05) is 18.8 Å². The molecule has 0 bridgehead atoms. The van der Waals surface area contributed by atoms with Gasteiger partial charge in [0.2, 0.25) is 0 Å². The average Bonchev–Trinajstić information content (AvgIpc) is 3.08. The second kappa shape index (κ2) is 11.6. The van der Waals surface area contributed by atoms with Gasteiger partial charge in [-0.3, -0.25) is 4.79 Å². The van der Waals surface area contributed by atoms with Crippen LogP contribution in [0.25, 0.3) is 0 Å². The lowest BCUT2D eigenvalue weighted by Gasteiger charge is -2.28. The van der Waals surface area contributed by atoms with Gasteiger partial charge in [-0.15, -0.1) is 0 Å². The van der Waals surface area contributed by atoms with Crippen molar-refractivity contribution in [2.24, 2.45) is 0 Å². The number of benzene rings is 1. The fourth-order valence-corrected chi connectivity index (χ4v) is 4.40. The molecule has 1 saturated carbocycles. The van der Waals surface area contributed by atoms with E-state index in [1.54, 1.807) is 0 Å². The number of ether oxygens (including phenoxy) is 2. The molecule has 1 saturated heterocycles. The number of rotatable bonds is 10. The minimum Gasteiger partial charge on any atom is -0.494 e. The molecule has 3 rings (SSSR count). The van der Waals surface area contributed by atoms with E-state index >= 15 is 0 Å². The zero-order valence-corrected chi connectivity index (χ0v) is 18.1. The van der Waals surface area contributed by atoms with Crippen LogP contribution in [0.2, 0.25) is 0 Å². The number of anilines is 1. The molecule has 2 fully saturated rings. The minimum absolute atomic E-state index is 0.00503.